The Morgan fingerprint density at radius 3 is 2.82 bits per heavy atom. The van der Waals surface area contributed by atoms with Crippen LogP contribution in [0.15, 0.2) is 18.2 Å². The van der Waals surface area contributed by atoms with Gasteiger partial charge in [0.1, 0.15) is 5.75 Å². The Kier molecular flexibility index (Phi) is 3.31. The van der Waals surface area contributed by atoms with Crippen molar-refractivity contribution in [2.24, 2.45) is 12.8 Å². The zero-order valence-corrected chi connectivity index (χ0v) is 10.4. The quantitative estimate of drug-likeness (QED) is 0.901. The molecule has 2 aromatic rings. The first kappa shape index (κ1) is 11.9. The van der Waals surface area contributed by atoms with Crippen molar-refractivity contribution in [3.63, 3.8) is 0 Å². The predicted molar refractivity (Wildman–Crippen MR) is 65.9 cm³/mol. The Bertz CT molecular complexity index is 538. The van der Waals surface area contributed by atoms with E-state index in [4.69, 9.17) is 22.1 Å². The number of halogens is 1. The Labute approximate surface area is 104 Å². The Morgan fingerprint density at radius 1 is 1.47 bits per heavy atom. The van der Waals surface area contributed by atoms with Crippen LogP contribution in [0, 0.1) is 0 Å². The molecule has 0 fully saturated rings. The summed E-state index contributed by atoms with van der Waals surface area (Å²) in [5.74, 6) is 1.97. The number of benzene rings is 1. The first-order valence-corrected chi connectivity index (χ1v) is 5.47. The second-order valence-electron chi connectivity index (χ2n) is 3.52. The van der Waals surface area contributed by atoms with Gasteiger partial charge in [-0.1, -0.05) is 11.6 Å². The fourth-order valence-electron chi connectivity index (χ4n) is 1.61. The van der Waals surface area contributed by atoms with Gasteiger partial charge in [0, 0.05) is 12.1 Å². The molecule has 0 atom stereocenters. The number of aromatic nitrogens is 3. The molecule has 90 valence electrons. The summed E-state index contributed by atoms with van der Waals surface area (Å²) in [6.45, 7) is 0.302. The molecule has 0 bridgehead atoms. The molecule has 0 unspecified atom stereocenters. The molecule has 2 rings (SSSR count). The monoisotopic (exact) mass is 252 g/mol. The van der Waals surface area contributed by atoms with E-state index in [2.05, 4.69) is 10.1 Å². The average molecular weight is 253 g/mol. The fraction of sp³-hybridized carbons (Fsp3) is 0.273. The molecule has 6 heteroatoms. The third kappa shape index (κ3) is 2.25. The molecule has 0 aliphatic carbocycles. The van der Waals surface area contributed by atoms with E-state index in [0.29, 0.717) is 29.0 Å². The maximum absolute atomic E-state index is 5.98. The topological polar surface area (TPSA) is 66.0 Å². The van der Waals surface area contributed by atoms with E-state index < -0.39 is 0 Å². The Balaban J connectivity index is 2.58. The van der Waals surface area contributed by atoms with Crippen molar-refractivity contribution in [2.45, 2.75) is 6.54 Å². The van der Waals surface area contributed by atoms with Crippen LogP contribution in [0.25, 0.3) is 11.4 Å². The molecule has 1 aromatic carbocycles. The molecule has 5 nitrogen and oxygen atoms in total. The number of methoxy groups -OCH3 is 1. The first-order valence-electron chi connectivity index (χ1n) is 5.09. The van der Waals surface area contributed by atoms with Crippen LogP contribution in [-0.4, -0.2) is 21.9 Å². The summed E-state index contributed by atoms with van der Waals surface area (Å²) in [4.78, 5) is 4.34. The Hall–Kier alpha value is -1.59. The zero-order chi connectivity index (χ0) is 12.4. The highest BCUT2D eigenvalue weighted by Crippen LogP contribution is 2.30. The lowest BCUT2D eigenvalue weighted by Gasteiger charge is -2.07. The van der Waals surface area contributed by atoms with Crippen molar-refractivity contribution in [3.8, 4) is 17.1 Å². The SMILES string of the molecule is COc1ccc(Cl)cc1-c1nc(CN)nn1C. The summed E-state index contributed by atoms with van der Waals surface area (Å²) in [6.07, 6.45) is 0. The molecule has 0 aliphatic heterocycles. The number of aryl methyl sites for hydroxylation is 1. The molecule has 1 heterocycles. The van der Waals surface area contributed by atoms with Crippen molar-refractivity contribution in [1.82, 2.24) is 14.8 Å². The van der Waals surface area contributed by atoms with Gasteiger partial charge in [0.05, 0.1) is 19.2 Å². The lowest BCUT2D eigenvalue weighted by Crippen LogP contribution is -1.99. The number of ether oxygens (including phenoxy) is 1. The van der Waals surface area contributed by atoms with Gasteiger partial charge >= 0.3 is 0 Å². The van der Waals surface area contributed by atoms with Crippen molar-refractivity contribution < 1.29 is 4.74 Å². The van der Waals surface area contributed by atoms with E-state index in [9.17, 15) is 0 Å². The van der Waals surface area contributed by atoms with Gasteiger partial charge in [-0.25, -0.2) is 9.67 Å². The largest absolute Gasteiger partial charge is 0.496 e. The molecule has 0 saturated carbocycles. The Morgan fingerprint density at radius 2 is 2.24 bits per heavy atom. The fourth-order valence-corrected chi connectivity index (χ4v) is 1.79. The average Bonchev–Trinajstić information content (AvgIpc) is 2.70. The second-order valence-corrected chi connectivity index (χ2v) is 3.96. The number of hydrogen-bond acceptors (Lipinski definition) is 4. The standard InChI is InChI=1S/C11H13ClN4O/c1-16-11(14-10(6-13)15-16)8-5-7(12)3-4-9(8)17-2/h3-5H,6,13H2,1-2H3. The summed E-state index contributed by atoms with van der Waals surface area (Å²) in [6, 6.07) is 5.36. The lowest BCUT2D eigenvalue weighted by molar-refractivity contribution is 0.416. The molecule has 0 aliphatic rings. The molecular formula is C11H13ClN4O. The summed E-state index contributed by atoms with van der Waals surface area (Å²) in [5.41, 5.74) is 6.32. The molecule has 0 saturated heterocycles. The molecule has 1 aromatic heterocycles. The minimum atomic E-state index is 0.302. The van der Waals surface area contributed by atoms with Crippen LogP contribution in [0.5, 0.6) is 5.75 Å². The number of rotatable bonds is 3. The maximum Gasteiger partial charge on any atom is 0.164 e. The van der Waals surface area contributed by atoms with Crippen LogP contribution >= 0.6 is 11.6 Å². The van der Waals surface area contributed by atoms with Gasteiger partial charge in [-0.3, -0.25) is 0 Å². The van der Waals surface area contributed by atoms with E-state index in [1.807, 2.05) is 7.05 Å². The van der Waals surface area contributed by atoms with Crippen molar-refractivity contribution in [2.75, 3.05) is 7.11 Å². The summed E-state index contributed by atoms with van der Waals surface area (Å²) >= 11 is 5.98. The third-order valence-electron chi connectivity index (χ3n) is 2.39. The van der Waals surface area contributed by atoms with Crippen molar-refractivity contribution >= 4 is 11.6 Å². The molecule has 0 amide bonds. The maximum atomic E-state index is 5.98. The van der Waals surface area contributed by atoms with Gasteiger partial charge in [0.2, 0.25) is 0 Å². The zero-order valence-electron chi connectivity index (χ0n) is 9.64. The molecular weight excluding hydrogens is 240 g/mol. The van der Waals surface area contributed by atoms with Crippen LogP contribution in [0.3, 0.4) is 0 Å². The smallest absolute Gasteiger partial charge is 0.164 e. The highest BCUT2D eigenvalue weighted by Gasteiger charge is 2.13. The highest BCUT2D eigenvalue weighted by atomic mass is 35.5. The van der Waals surface area contributed by atoms with Crippen LogP contribution in [0.1, 0.15) is 5.82 Å². The van der Waals surface area contributed by atoms with E-state index >= 15 is 0 Å². The molecule has 2 N–H and O–H groups in total. The van der Waals surface area contributed by atoms with Crippen LogP contribution < -0.4 is 10.5 Å². The second kappa shape index (κ2) is 4.73. The molecule has 0 radical (unpaired) electrons. The predicted octanol–water partition coefficient (Wildman–Crippen LogP) is 1.60. The number of nitrogens with zero attached hydrogens (tertiary/aromatic N) is 3. The van der Waals surface area contributed by atoms with Crippen LogP contribution in [-0.2, 0) is 13.6 Å². The normalized spacial score (nSPS) is 10.6. The summed E-state index contributed by atoms with van der Waals surface area (Å²) < 4.78 is 6.94. The lowest BCUT2D eigenvalue weighted by atomic mass is 10.2. The number of nitrogens with two attached hydrogens (primary N) is 1. The minimum absolute atomic E-state index is 0.302. The van der Waals surface area contributed by atoms with Gasteiger partial charge in [-0.15, -0.1) is 0 Å². The van der Waals surface area contributed by atoms with Gasteiger partial charge in [-0.2, -0.15) is 5.10 Å². The van der Waals surface area contributed by atoms with E-state index in [1.54, 1.807) is 30.0 Å². The van der Waals surface area contributed by atoms with Gasteiger partial charge in [-0.05, 0) is 18.2 Å². The highest BCUT2D eigenvalue weighted by molar-refractivity contribution is 6.30. The van der Waals surface area contributed by atoms with E-state index in [0.717, 1.165) is 5.56 Å². The van der Waals surface area contributed by atoms with Gasteiger partial charge in [0.25, 0.3) is 0 Å². The molecule has 0 spiro atoms. The first-order chi connectivity index (χ1) is 8.15. The third-order valence-corrected chi connectivity index (χ3v) is 2.63. The van der Waals surface area contributed by atoms with Gasteiger partial charge < -0.3 is 10.5 Å². The summed E-state index contributed by atoms with van der Waals surface area (Å²) in [5, 5.41) is 4.82. The van der Waals surface area contributed by atoms with Crippen LogP contribution in [0.2, 0.25) is 5.02 Å². The van der Waals surface area contributed by atoms with Crippen molar-refractivity contribution in [1.29, 1.82) is 0 Å². The van der Waals surface area contributed by atoms with E-state index in [-0.39, 0.29) is 0 Å². The van der Waals surface area contributed by atoms with E-state index in [1.165, 1.54) is 0 Å². The molecule has 17 heavy (non-hydrogen) atoms. The van der Waals surface area contributed by atoms with Crippen molar-refractivity contribution in [3.05, 3.63) is 29.0 Å². The van der Waals surface area contributed by atoms with Gasteiger partial charge in [0.15, 0.2) is 11.6 Å². The summed E-state index contributed by atoms with van der Waals surface area (Å²) in [7, 11) is 3.41. The minimum Gasteiger partial charge on any atom is -0.496 e. The van der Waals surface area contributed by atoms with Crippen LogP contribution in [0.4, 0.5) is 0 Å². The number of hydrogen-bond donors (Lipinski definition) is 1.